The Morgan fingerprint density at radius 3 is 1.89 bits per heavy atom. The van der Waals surface area contributed by atoms with E-state index in [1.807, 2.05) is 11.8 Å². The van der Waals surface area contributed by atoms with Crippen LogP contribution in [0.5, 0.6) is 0 Å². The van der Waals surface area contributed by atoms with Gasteiger partial charge < -0.3 is 14.9 Å². The number of carbonyl (C=O) groups is 2. The zero-order valence-electron chi connectivity index (χ0n) is 11.3. The fraction of sp³-hybridized carbons (Fsp3) is 0.833. The lowest BCUT2D eigenvalue weighted by Gasteiger charge is -2.31. The summed E-state index contributed by atoms with van der Waals surface area (Å²) in [5, 5.41) is 16.8. The van der Waals surface area contributed by atoms with Crippen molar-refractivity contribution >= 4 is 11.9 Å². The molecule has 0 aromatic heterocycles. The molecular weight excluding hydrogens is 238 g/mol. The van der Waals surface area contributed by atoms with E-state index in [9.17, 15) is 9.59 Å². The molecule has 0 spiro atoms. The van der Waals surface area contributed by atoms with Crippen LogP contribution in [-0.4, -0.2) is 59.4 Å². The Hall–Kier alpha value is -1.14. The minimum atomic E-state index is -0.741. The Morgan fingerprint density at radius 1 is 1.17 bits per heavy atom. The van der Waals surface area contributed by atoms with Crippen molar-refractivity contribution in [3.05, 3.63) is 0 Å². The van der Waals surface area contributed by atoms with Gasteiger partial charge in [-0.3, -0.25) is 14.5 Å². The molecule has 1 heterocycles. The molecule has 18 heavy (non-hydrogen) atoms. The molecule has 1 aliphatic heterocycles. The fourth-order valence-corrected chi connectivity index (χ4v) is 1.48. The largest absolute Gasteiger partial charge is 0.481 e. The first-order valence-electron chi connectivity index (χ1n) is 6.17. The third-order valence-corrected chi connectivity index (χ3v) is 2.65. The molecule has 1 fully saturated rings. The summed E-state index contributed by atoms with van der Waals surface area (Å²) in [6, 6.07) is -0.325. The number of hydrogen-bond acceptors (Lipinski definition) is 4. The van der Waals surface area contributed by atoms with E-state index in [0.29, 0.717) is 19.6 Å². The number of rotatable bonds is 4. The van der Waals surface area contributed by atoms with E-state index in [4.69, 9.17) is 14.9 Å². The molecule has 1 rings (SSSR count). The van der Waals surface area contributed by atoms with Crippen molar-refractivity contribution in [1.29, 1.82) is 0 Å². The number of carboxylic acid groups (broad SMARTS) is 2. The van der Waals surface area contributed by atoms with Crippen molar-refractivity contribution in [2.45, 2.75) is 33.2 Å². The van der Waals surface area contributed by atoms with Gasteiger partial charge in [0, 0.05) is 13.1 Å². The predicted octanol–water partition coefficient (Wildman–Crippen LogP) is 0.909. The Balaban J connectivity index is 0.000000411. The van der Waals surface area contributed by atoms with Gasteiger partial charge in [-0.1, -0.05) is 20.8 Å². The first-order valence-corrected chi connectivity index (χ1v) is 6.17. The van der Waals surface area contributed by atoms with Gasteiger partial charge in [-0.15, -0.1) is 0 Å². The minimum Gasteiger partial charge on any atom is -0.481 e. The highest BCUT2D eigenvalue weighted by atomic mass is 16.5. The summed E-state index contributed by atoms with van der Waals surface area (Å²) < 4.78 is 5.14. The second kappa shape index (κ2) is 8.88. The van der Waals surface area contributed by atoms with Gasteiger partial charge in [0.2, 0.25) is 0 Å². The molecule has 0 aromatic rings. The third-order valence-electron chi connectivity index (χ3n) is 2.65. The summed E-state index contributed by atoms with van der Waals surface area (Å²) in [5.74, 6) is -1.70. The molecule has 0 bridgehead atoms. The molecule has 1 atom stereocenters. The molecule has 1 aliphatic rings. The number of aliphatic carboxylic acids is 2. The molecule has 106 valence electrons. The van der Waals surface area contributed by atoms with Gasteiger partial charge >= 0.3 is 11.9 Å². The van der Waals surface area contributed by atoms with Gasteiger partial charge in [-0.25, -0.2) is 0 Å². The molecule has 0 saturated carbocycles. The second-order valence-electron chi connectivity index (χ2n) is 4.40. The van der Waals surface area contributed by atoms with Crippen molar-refractivity contribution in [2.24, 2.45) is 5.92 Å². The highest BCUT2D eigenvalue weighted by Crippen LogP contribution is 2.07. The maximum atomic E-state index is 10.7. The van der Waals surface area contributed by atoms with Crippen molar-refractivity contribution in [2.75, 3.05) is 26.3 Å². The number of hydrogen-bond donors (Lipinski definition) is 2. The molecule has 0 aromatic carbocycles. The van der Waals surface area contributed by atoms with E-state index in [1.54, 1.807) is 13.8 Å². The topological polar surface area (TPSA) is 87.1 Å². The molecule has 6 nitrogen and oxygen atoms in total. The van der Waals surface area contributed by atoms with Gasteiger partial charge in [-0.2, -0.15) is 0 Å². The quantitative estimate of drug-likeness (QED) is 0.782. The van der Waals surface area contributed by atoms with Crippen LogP contribution < -0.4 is 0 Å². The minimum absolute atomic E-state index is 0.231. The zero-order valence-corrected chi connectivity index (χ0v) is 11.3. The van der Waals surface area contributed by atoms with E-state index in [2.05, 4.69) is 0 Å². The summed E-state index contributed by atoms with van der Waals surface area (Å²) in [7, 11) is 0. The zero-order chi connectivity index (χ0) is 14.1. The summed E-state index contributed by atoms with van der Waals surface area (Å²) >= 11 is 0. The Bertz CT molecular complexity index is 261. The van der Waals surface area contributed by atoms with Crippen LogP contribution in [0.15, 0.2) is 0 Å². The first kappa shape index (κ1) is 16.9. The van der Waals surface area contributed by atoms with Crippen LogP contribution in [0, 0.1) is 5.92 Å². The van der Waals surface area contributed by atoms with Crippen LogP contribution in [0.4, 0.5) is 0 Å². The van der Waals surface area contributed by atoms with Crippen LogP contribution in [0.2, 0.25) is 0 Å². The average Bonchev–Trinajstić information content (AvgIpc) is 2.31. The highest BCUT2D eigenvalue weighted by molar-refractivity contribution is 5.73. The smallest absolute Gasteiger partial charge is 0.320 e. The number of ether oxygens (including phenoxy) is 1. The number of morpholine rings is 1. The van der Waals surface area contributed by atoms with E-state index in [-0.39, 0.29) is 12.0 Å². The summed E-state index contributed by atoms with van der Waals surface area (Å²) in [6.07, 6.45) is 0.662. The van der Waals surface area contributed by atoms with Gasteiger partial charge in [0.25, 0.3) is 0 Å². The van der Waals surface area contributed by atoms with Crippen molar-refractivity contribution in [1.82, 2.24) is 4.90 Å². The van der Waals surface area contributed by atoms with Crippen molar-refractivity contribution in [3.8, 4) is 0 Å². The van der Waals surface area contributed by atoms with Crippen molar-refractivity contribution < 1.29 is 24.5 Å². The molecular formula is C12H23NO5. The van der Waals surface area contributed by atoms with E-state index in [1.165, 1.54) is 0 Å². The van der Waals surface area contributed by atoms with E-state index < -0.39 is 11.9 Å². The molecule has 0 radical (unpaired) electrons. The molecule has 0 aliphatic carbocycles. The van der Waals surface area contributed by atoms with Crippen LogP contribution in [0.3, 0.4) is 0 Å². The van der Waals surface area contributed by atoms with E-state index >= 15 is 0 Å². The molecule has 1 unspecified atom stereocenters. The number of nitrogens with zero attached hydrogens (tertiary/aromatic N) is 1. The molecule has 1 saturated heterocycles. The second-order valence-corrected chi connectivity index (χ2v) is 4.40. The highest BCUT2D eigenvalue weighted by Gasteiger charge is 2.24. The van der Waals surface area contributed by atoms with Crippen LogP contribution >= 0.6 is 0 Å². The lowest BCUT2D eigenvalue weighted by atomic mass is 10.2. The van der Waals surface area contributed by atoms with Crippen LogP contribution in [0.25, 0.3) is 0 Å². The van der Waals surface area contributed by atoms with Crippen LogP contribution in [0.1, 0.15) is 27.2 Å². The van der Waals surface area contributed by atoms with Gasteiger partial charge in [-0.05, 0) is 6.42 Å². The Kier molecular flexibility index (Phi) is 8.32. The Morgan fingerprint density at radius 2 is 1.61 bits per heavy atom. The normalized spacial score (nSPS) is 17.8. The lowest BCUT2D eigenvalue weighted by Crippen LogP contribution is -2.47. The fourth-order valence-electron chi connectivity index (χ4n) is 1.48. The van der Waals surface area contributed by atoms with Gasteiger partial charge in [0.15, 0.2) is 0 Å². The average molecular weight is 261 g/mol. The molecule has 6 heteroatoms. The molecule has 2 N–H and O–H groups in total. The monoisotopic (exact) mass is 261 g/mol. The lowest BCUT2D eigenvalue weighted by molar-refractivity contribution is -0.145. The number of carboxylic acids is 2. The standard InChI is InChI=1S/C8H15NO3.C4H8O2/c1-2-7(8(10)11)9-3-5-12-6-4-9;1-3(2)4(5)6/h7H,2-6H2,1H3,(H,10,11);3H,1-2H3,(H,5,6). The maximum absolute atomic E-state index is 10.7. The van der Waals surface area contributed by atoms with E-state index in [0.717, 1.165) is 13.1 Å². The van der Waals surface area contributed by atoms with Gasteiger partial charge in [0.05, 0.1) is 19.1 Å². The summed E-state index contributed by atoms with van der Waals surface area (Å²) in [4.78, 5) is 22.4. The Labute approximate surface area is 108 Å². The maximum Gasteiger partial charge on any atom is 0.320 e. The summed E-state index contributed by atoms with van der Waals surface area (Å²) in [5.41, 5.74) is 0. The summed E-state index contributed by atoms with van der Waals surface area (Å²) in [6.45, 7) is 7.97. The SMILES string of the molecule is CC(C)C(=O)O.CCC(C(=O)O)N1CCOCC1. The van der Waals surface area contributed by atoms with Crippen LogP contribution in [-0.2, 0) is 14.3 Å². The van der Waals surface area contributed by atoms with Gasteiger partial charge in [0.1, 0.15) is 6.04 Å². The predicted molar refractivity (Wildman–Crippen MR) is 66.6 cm³/mol. The third kappa shape index (κ3) is 6.56. The molecule has 0 amide bonds. The first-order chi connectivity index (χ1) is 8.40. The van der Waals surface area contributed by atoms with Crippen molar-refractivity contribution in [3.63, 3.8) is 0 Å².